The van der Waals surface area contributed by atoms with E-state index in [9.17, 15) is 24.6 Å². The van der Waals surface area contributed by atoms with Crippen molar-refractivity contribution < 1.29 is 43.5 Å². The molecule has 3 saturated carbocycles. The first-order chi connectivity index (χ1) is 20.9. The third-order valence-electron chi connectivity index (χ3n) is 12.4. The van der Waals surface area contributed by atoms with Crippen molar-refractivity contribution >= 4 is 18.2 Å². The second-order valence-corrected chi connectivity index (χ2v) is 14.8. The zero-order chi connectivity index (χ0) is 32.0. The fraction of sp³-hybridized carbons (Fsp3) is 0.857. The first-order valence-electron chi connectivity index (χ1n) is 17.0. The quantitative estimate of drug-likeness (QED) is 0.115. The van der Waals surface area contributed by atoms with Crippen LogP contribution in [0.5, 0.6) is 0 Å². The molecule has 0 aromatic rings. The van der Waals surface area contributed by atoms with E-state index >= 15 is 0 Å². The Labute approximate surface area is 262 Å². The van der Waals surface area contributed by atoms with Crippen molar-refractivity contribution in [3.05, 3.63) is 11.6 Å². The lowest BCUT2D eigenvalue weighted by atomic mass is 9.43. The molecule has 5 rings (SSSR count). The minimum absolute atomic E-state index is 0.0202. The Morgan fingerprint density at radius 1 is 1.11 bits per heavy atom. The van der Waals surface area contributed by atoms with Crippen LogP contribution in [0.15, 0.2) is 11.6 Å². The van der Waals surface area contributed by atoms with Crippen LogP contribution in [0.3, 0.4) is 0 Å². The van der Waals surface area contributed by atoms with Crippen LogP contribution in [0.4, 0.5) is 0 Å². The summed E-state index contributed by atoms with van der Waals surface area (Å²) in [6, 6.07) is 0. The van der Waals surface area contributed by atoms with E-state index < -0.39 is 58.9 Å². The number of esters is 1. The van der Waals surface area contributed by atoms with Gasteiger partial charge in [-0.05, 0) is 62.2 Å². The lowest BCUT2D eigenvalue weighted by molar-refractivity contribution is -0.309. The molecule has 9 nitrogen and oxygen atoms in total. The van der Waals surface area contributed by atoms with E-state index in [0.29, 0.717) is 18.8 Å². The Hall–Kier alpha value is -1.81. The predicted molar refractivity (Wildman–Crippen MR) is 162 cm³/mol. The van der Waals surface area contributed by atoms with Gasteiger partial charge < -0.3 is 34.0 Å². The normalized spacial score (nSPS) is 44.0. The largest absolute Gasteiger partial charge is 0.481 e. The molecule has 248 valence electrons. The summed E-state index contributed by atoms with van der Waals surface area (Å²) in [6.07, 6.45) is 6.65. The molecule has 12 atom stereocenters. The molecule has 2 N–H and O–H groups in total. The van der Waals surface area contributed by atoms with Gasteiger partial charge in [0, 0.05) is 18.9 Å². The number of rotatable bonds is 14. The molecule has 5 aliphatic rings. The van der Waals surface area contributed by atoms with Crippen molar-refractivity contribution in [2.24, 2.45) is 45.8 Å². The lowest BCUT2D eigenvalue weighted by Crippen LogP contribution is -2.64. The molecule has 4 bridgehead atoms. The maximum Gasteiger partial charge on any atom is 0.315 e. The third kappa shape index (κ3) is 4.82. The van der Waals surface area contributed by atoms with Crippen molar-refractivity contribution in [2.75, 3.05) is 13.7 Å². The number of hydrogen-bond donors (Lipinski definition) is 2. The summed E-state index contributed by atoms with van der Waals surface area (Å²) < 4.78 is 24.0. The molecule has 0 spiro atoms. The number of carbonyl (C=O) groups excluding carboxylic acids is 2. The fourth-order valence-electron chi connectivity index (χ4n) is 10.5. The zero-order valence-corrected chi connectivity index (χ0v) is 27.5. The van der Waals surface area contributed by atoms with Gasteiger partial charge in [-0.2, -0.15) is 0 Å². The number of ether oxygens (including phenoxy) is 4. The Morgan fingerprint density at radius 3 is 2.48 bits per heavy atom. The molecule has 9 heteroatoms. The number of carboxylic acid groups (broad SMARTS) is 1. The van der Waals surface area contributed by atoms with Gasteiger partial charge in [-0.15, -0.1) is 0 Å². The number of unbranched alkanes of at least 4 members (excludes halogenated alkanes) is 4. The smallest absolute Gasteiger partial charge is 0.315 e. The van der Waals surface area contributed by atoms with E-state index in [-0.39, 0.29) is 36.7 Å². The van der Waals surface area contributed by atoms with Crippen LogP contribution in [-0.2, 0) is 33.3 Å². The number of carbonyl (C=O) groups is 3. The Balaban J connectivity index is 1.41. The predicted octanol–water partition coefficient (Wildman–Crippen LogP) is 5.32. The second-order valence-electron chi connectivity index (χ2n) is 14.8. The molecule has 0 aromatic heterocycles. The van der Waals surface area contributed by atoms with Crippen molar-refractivity contribution in [3.8, 4) is 0 Å². The summed E-state index contributed by atoms with van der Waals surface area (Å²) in [6.45, 7) is 10.2. The first kappa shape index (κ1) is 33.6. The molecule has 4 aliphatic carbocycles. The molecule has 1 aliphatic heterocycles. The summed E-state index contributed by atoms with van der Waals surface area (Å²) >= 11 is 0. The molecule has 3 unspecified atom stereocenters. The number of hydrogen-bond acceptors (Lipinski definition) is 8. The molecule has 1 saturated heterocycles. The second kappa shape index (κ2) is 12.8. The number of carboxylic acids is 1. The molecular formula is C35H54O9. The summed E-state index contributed by atoms with van der Waals surface area (Å²) in [5.74, 6) is -0.893. The van der Waals surface area contributed by atoms with E-state index in [4.69, 9.17) is 18.9 Å². The van der Waals surface area contributed by atoms with Gasteiger partial charge in [0.25, 0.3) is 0 Å². The highest BCUT2D eigenvalue weighted by atomic mass is 16.7. The molecule has 0 amide bonds. The molecule has 0 radical (unpaired) electrons. The van der Waals surface area contributed by atoms with Gasteiger partial charge in [-0.1, -0.05) is 71.4 Å². The number of allylic oxidation sites excluding steroid dienone is 1. The van der Waals surface area contributed by atoms with Gasteiger partial charge in [0.1, 0.15) is 23.9 Å². The Kier molecular flexibility index (Phi) is 9.73. The molecular weight excluding hydrogens is 564 g/mol. The van der Waals surface area contributed by atoms with Crippen molar-refractivity contribution in [1.82, 2.24) is 0 Å². The average Bonchev–Trinajstić information content (AvgIpc) is 3.55. The molecule has 1 heterocycles. The van der Waals surface area contributed by atoms with Crippen LogP contribution >= 0.6 is 0 Å². The summed E-state index contributed by atoms with van der Waals surface area (Å²) in [5.41, 5.74) is -2.40. The van der Waals surface area contributed by atoms with Crippen molar-refractivity contribution in [1.29, 1.82) is 0 Å². The van der Waals surface area contributed by atoms with Crippen molar-refractivity contribution in [2.45, 2.75) is 130 Å². The molecule has 44 heavy (non-hydrogen) atoms. The summed E-state index contributed by atoms with van der Waals surface area (Å²) in [5, 5.41) is 22.7. The van der Waals surface area contributed by atoms with Crippen LogP contribution in [0.25, 0.3) is 0 Å². The van der Waals surface area contributed by atoms with E-state index in [2.05, 4.69) is 19.9 Å². The van der Waals surface area contributed by atoms with Crippen LogP contribution < -0.4 is 0 Å². The van der Waals surface area contributed by atoms with Crippen LogP contribution in [0, 0.1) is 45.8 Å². The highest BCUT2D eigenvalue weighted by molar-refractivity contribution is 5.90. The van der Waals surface area contributed by atoms with Gasteiger partial charge in [0.15, 0.2) is 12.4 Å². The minimum Gasteiger partial charge on any atom is -0.481 e. The van der Waals surface area contributed by atoms with Crippen LogP contribution in [0.1, 0.15) is 98.8 Å². The van der Waals surface area contributed by atoms with Gasteiger partial charge in [0.05, 0.1) is 18.1 Å². The highest BCUT2D eigenvalue weighted by Gasteiger charge is 2.84. The Morgan fingerprint density at radius 2 is 1.84 bits per heavy atom. The maximum absolute atomic E-state index is 13.7. The van der Waals surface area contributed by atoms with Gasteiger partial charge in [0.2, 0.25) is 0 Å². The van der Waals surface area contributed by atoms with Crippen LogP contribution in [0.2, 0.25) is 0 Å². The van der Waals surface area contributed by atoms with E-state index in [0.717, 1.165) is 56.8 Å². The van der Waals surface area contributed by atoms with Gasteiger partial charge in [-0.25, -0.2) is 0 Å². The van der Waals surface area contributed by atoms with E-state index in [1.165, 1.54) is 7.11 Å². The van der Waals surface area contributed by atoms with Gasteiger partial charge in [-0.3, -0.25) is 9.59 Å². The lowest BCUT2D eigenvalue weighted by Gasteiger charge is -2.58. The van der Waals surface area contributed by atoms with E-state index in [1.807, 2.05) is 13.8 Å². The minimum atomic E-state index is -1.38. The highest BCUT2D eigenvalue weighted by Crippen LogP contribution is 2.82. The van der Waals surface area contributed by atoms with E-state index in [1.54, 1.807) is 6.92 Å². The third-order valence-corrected chi connectivity index (χ3v) is 12.4. The molecule has 0 aromatic carbocycles. The number of methoxy groups -OCH3 is 1. The number of aliphatic hydroxyl groups excluding tert-OH is 1. The number of fused-ring (bicyclic) bond motifs is 2. The van der Waals surface area contributed by atoms with Crippen molar-refractivity contribution in [3.63, 3.8) is 0 Å². The first-order valence-corrected chi connectivity index (χ1v) is 17.0. The molecule has 4 fully saturated rings. The Bertz CT molecular complexity index is 1120. The van der Waals surface area contributed by atoms with Crippen LogP contribution in [-0.4, -0.2) is 72.9 Å². The zero-order valence-electron chi connectivity index (χ0n) is 27.5. The monoisotopic (exact) mass is 618 g/mol. The summed E-state index contributed by atoms with van der Waals surface area (Å²) in [7, 11) is 1.50. The average molecular weight is 619 g/mol. The number of aldehydes is 1. The number of aliphatic hydroxyl groups is 1. The number of aliphatic carboxylic acids is 1. The standard InChI is InChI=1S/C35H54O9/c1-7-8-9-10-11-12-27(37)44-30-28(38)31(43-22(5)29(30)41-6)42-19-34-17-24-21(4)13-14-25(24)33(18-36)16-23(34)15-26(20(2)3)35(33,34)32(39)40/h15,18,20-25,28-31,38H,7-14,16-17,19H2,1-6H3,(H,39,40)/t21-,22-,23?,24?,25?,28+,29-,30+,31-,33+,34+,35+/m1/s1. The SMILES string of the molecule is CCCCCCCC(=O)O[C@H]1[C@H](O)[C@H](OC[C@@]23CC4C(CC[C@H]4C)[C@@]4(C=O)CC2C=C(C(C)C)[C@@]34C(=O)O)O[C@H](C)[C@H]1OC. The maximum atomic E-state index is 13.7. The summed E-state index contributed by atoms with van der Waals surface area (Å²) in [4.78, 5) is 39.8. The van der Waals surface area contributed by atoms with Gasteiger partial charge >= 0.3 is 11.9 Å². The fourth-order valence-corrected chi connectivity index (χ4v) is 10.5. The topological polar surface area (TPSA) is 129 Å².